The lowest BCUT2D eigenvalue weighted by atomic mass is 9.80. The van der Waals surface area contributed by atoms with E-state index in [-0.39, 0.29) is 12.8 Å². The van der Waals surface area contributed by atoms with E-state index in [0.717, 1.165) is 38.5 Å². The Labute approximate surface area is 152 Å². The maximum absolute atomic E-state index is 12.3. The van der Waals surface area contributed by atoms with Crippen LogP contribution in [0.15, 0.2) is 49.6 Å². The van der Waals surface area contributed by atoms with Crippen molar-refractivity contribution in [2.45, 2.75) is 51.4 Å². The van der Waals surface area contributed by atoms with Crippen molar-refractivity contribution in [3.05, 3.63) is 49.6 Å². The highest BCUT2D eigenvalue weighted by molar-refractivity contribution is 6.00. The summed E-state index contributed by atoms with van der Waals surface area (Å²) in [6.45, 7) is 7.37. The van der Waals surface area contributed by atoms with E-state index in [1.54, 1.807) is 0 Å². The minimum atomic E-state index is -1.33. The molecule has 4 heteroatoms. The Hall–Kier alpha value is -2.10. The summed E-state index contributed by atoms with van der Waals surface area (Å²) in [5.41, 5.74) is -1.33. The normalized spacial score (nSPS) is 11.6. The zero-order valence-electron chi connectivity index (χ0n) is 15.7. The molecule has 0 aliphatic carbocycles. The Bertz CT molecular complexity index is 430. The van der Waals surface area contributed by atoms with E-state index >= 15 is 0 Å². The standard InChI is InChI=1S/C21H32O4/c1-5-7-9-11-13-15-17-21(19(22)24-3,20(23)25-4)18-16-14-12-10-8-6-2/h5-6,13-16H,1-2,7-12,17-18H2,3-4H3/b15-13+,16-14+. The van der Waals surface area contributed by atoms with Gasteiger partial charge in [-0.15, -0.1) is 13.2 Å². The van der Waals surface area contributed by atoms with E-state index in [1.807, 2.05) is 36.5 Å². The predicted molar refractivity (Wildman–Crippen MR) is 102 cm³/mol. The highest BCUT2D eigenvalue weighted by Gasteiger charge is 2.46. The van der Waals surface area contributed by atoms with Crippen LogP contribution >= 0.6 is 0 Å². The number of methoxy groups -OCH3 is 2. The van der Waals surface area contributed by atoms with Gasteiger partial charge >= 0.3 is 11.9 Å². The van der Waals surface area contributed by atoms with Gasteiger partial charge in [0, 0.05) is 0 Å². The summed E-state index contributed by atoms with van der Waals surface area (Å²) in [5, 5.41) is 0. The molecule has 0 aliphatic heterocycles. The number of carbonyl (C=O) groups is 2. The van der Waals surface area contributed by atoms with Crippen molar-refractivity contribution in [1.82, 2.24) is 0 Å². The molecular weight excluding hydrogens is 316 g/mol. The maximum Gasteiger partial charge on any atom is 0.323 e. The average molecular weight is 348 g/mol. The fourth-order valence-electron chi connectivity index (χ4n) is 2.46. The van der Waals surface area contributed by atoms with Crippen molar-refractivity contribution in [3.8, 4) is 0 Å². The van der Waals surface area contributed by atoms with Crippen LogP contribution in [-0.2, 0) is 19.1 Å². The molecule has 25 heavy (non-hydrogen) atoms. The van der Waals surface area contributed by atoms with Crippen molar-refractivity contribution in [2.24, 2.45) is 5.41 Å². The summed E-state index contributed by atoms with van der Waals surface area (Å²) in [4.78, 5) is 24.7. The van der Waals surface area contributed by atoms with Crippen LogP contribution in [0.1, 0.15) is 51.4 Å². The first-order valence-corrected chi connectivity index (χ1v) is 8.77. The molecule has 0 unspecified atom stereocenters. The summed E-state index contributed by atoms with van der Waals surface area (Å²) < 4.78 is 9.79. The van der Waals surface area contributed by atoms with Crippen molar-refractivity contribution < 1.29 is 19.1 Å². The molecule has 140 valence electrons. The number of rotatable bonds is 14. The van der Waals surface area contributed by atoms with Gasteiger partial charge in [0.1, 0.15) is 0 Å². The number of ether oxygens (including phenoxy) is 2. The van der Waals surface area contributed by atoms with E-state index in [2.05, 4.69) is 13.2 Å². The third kappa shape index (κ3) is 8.52. The summed E-state index contributed by atoms with van der Waals surface area (Å²) in [6, 6.07) is 0. The minimum Gasteiger partial charge on any atom is -0.468 e. The fraction of sp³-hybridized carbons (Fsp3) is 0.524. The second-order valence-corrected chi connectivity index (χ2v) is 5.86. The first kappa shape index (κ1) is 22.9. The lowest BCUT2D eigenvalue weighted by molar-refractivity contribution is -0.168. The minimum absolute atomic E-state index is 0.261. The molecular formula is C21H32O4. The predicted octanol–water partition coefficient (Wildman–Crippen LogP) is 4.92. The molecule has 4 nitrogen and oxygen atoms in total. The summed E-state index contributed by atoms with van der Waals surface area (Å²) >= 11 is 0. The summed E-state index contributed by atoms with van der Waals surface area (Å²) in [5.74, 6) is -1.13. The van der Waals surface area contributed by atoms with E-state index < -0.39 is 17.4 Å². The van der Waals surface area contributed by atoms with Crippen LogP contribution in [0.2, 0.25) is 0 Å². The Kier molecular flexibility index (Phi) is 13.1. The molecule has 0 spiro atoms. The van der Waals surface area contributed by atoms with Crippen LogP contribution in [0.4, 0.5) is 0 Å². The van der Waals surface area contributed by atoms with Crippen LogP contribution in [0, 0.1) is 5.41 Å². The van der Waals surface area contributed by atoms with Crippen LogP contribution in [0.5, 0.6) is 0 Å². The number of hydrogen-bond donors (Lipinski definition) is 0. The van der Waals surface area contributed by atoms with Gasteiger partial charge in [-0.1, -0.05) is 36.5 Å². The summed E-state index contributed by atoms with van der Waals surface area (Å²) in [7, 11) is 2.59. The number of allylic oxidation sites excluding steroid dienone is 6. The molecule has 0 aliphatic rings. The molecule has 0 radical (unpaired) electrons. The quantitative estimate of drug-likeness (QED) is 0.193. The zero-order valence-corrected chi connectivity index (χ0v) is 15.7. The van der Waals surface area contributed by atoms with Crippen LogP contribution < -0.4 is 0 Å². The number of unbranched alkanes of at least 4 members (excludes halogenated alkanes) is 4. The lowest BCUT2D eigenvalue weighted by Crippen LogP contribution is -2.40. The van der Waals surface area contributed by atoms with Crippen molar-refractivity contribution in [3.63, 3.8) is 0 Å². The largest absolute Gasteiger partial charge is 0.468 e. The first-order valence-electron chi connectivity index (χ1n) is 8.77. The van der Waals surface area contributed by atoms with Gasteiger partial charge < -0.3 is 9.47 Å². The Morgan fingerprint density at radius 3 is 1.48 bits per heavy atom. The van der Waals surface area contributed by atoms with E-state index in [1.165, 1.54) is 14.2 Å². The Balaban J connectivity index is 5.04. The van der Waals surface area contributed by atoms with E-state index in [9.17, 15) is 9.59 Å². The number of carbonyl (C=O) groups excluding carboxylic acids is 2. The van der Waals surface area contributed by atoms with Gasteiger partial charge in [-0.05, 0) is 51.4 Å². The zero-order chi connectivity index (χ0) is 19.0. The first-order chi connectivity index (χ1) is 12.1. The highest BCUT2D eigenvalue weighted by atomic mass is 16.5. The molecule has 0 amide bonds. The second kappa shape index (κ2) is 14.3. The third-order valence-electron chi connectivity index (χ3n) is 3.98. The number of esters is 2. The molecule has 0 aromatic rings. The van der Waals surface area contributed by atoms with Gasteiger partial charge in [-0.2, -0.15) is 0 Å². The smallest absolute Gasteiger partial charge is 0.323 e. The van der Waals surface area contributed by atoms with Gasteiger partial charge in [-0.25, -0.2) is 0 Å². The van der Waals surface area contributed by atoms with Gasteiger partial charge in [0.05, 0.1) is 14.2 Å². The van der Waals surface area contributed by atoms with Crippen LogP contribution in [0.25, 0.3) is 0 Å². The van der Waals surface area contributed by atoms with Crippen molar-refractivity contribution >= 4 is 11.9 Å². The molecule has 0 atom stereocenters. The molecule has 0 aromatic heterocycles. The number of hydrogen-bond acceptors (Lipinski definition) is 4. The Morgan fingerprint density at radius 1 is 0.760 bits per heavy atom. The highest BCUT2D eigenvalue weighted by Crippen LogP contribution is 2.32. The molecule has 0 heterocycles. The van der Waals surface area contributed by atoms with Crippen LogP contribution in [-0.4, -0.2) is 26.2 Å². The van der Waals surface area contributed by atoms with Crippen molar-refractivity contribution in [2.75, 3.05) is 14.2 Å². The van der Waals surface area contributed by atoms with Crippen molar-refractivity contribution in [1.29, 1.82) is 0 Å². The molecule has 0 aromatic carbocycles. The second-order valence-electron chi connectivity index (χ2n) is 5.86. The van der Waals surface area contributed by atoms with Crippen LogP contribution in [0.3, 0.4) is 0 Å². The average Bonchev–Trinajstić information content (AvgIpc) is 2.64. The topological polar surface area (TPSA) is 52.6 Å². The molecule has 0 fully saturated rings. The molecule has 0 rings (SSSR count). The molecule has 0 N–H and O–H groups in total. The third-order valence-corrected chi connectivity index (χ3v) is 3.98. The molecule has 0 saturated carbocycles. The van der Waals surface area contributed by atoms with Gasteiger partial charge in [0.15, 0.2) is 5.41 Å². The van der Waals surface area contributed by atoms with E-state index in [4.69, 9.17) is 9.47 Å². The summed E-state index contributed by atoms with van der Waals surface area (Å²) in [6.07, 6.45) is 17.6. The molecule has 0 saturated heterocycles. The molecule has 0 bridgehead atoms. The van der Waals surface area contributed by atoms with Gasteiger partial charge in [0.25, 0.3) is 0 Å². The fourth-order valence-corrected chi connectivity index (χ4v) is 2.46. The lowest BCUT2D eigenvalue weighted by Gasteiger charge is -2.25. The maximum atomic E-state index is 12.3. The SMILES string of the molecule is C=CCCC/C=C/CC(C/C=C/CCCC=C)(C(=O)OC)C(=O)OC. The van der Waals surface area contributed by atoms with E-state index in [0.29, 0.717) is 0 Å². The van der Waals surface area contributed by atoms with Gasteiger partial charge in [0.2, 0.25) is 0 Å². The van der Waals surface area contributed by atoms with Gasteiger partial charge in [-0.3, -0.25) is 9.59 Å². The Morgan fingerprint density at radius 2 is 1.16 bits per heavy atom. The monoisotopic (exact) mass is 348 g/mol.